The van der Waals surface area contributed by atoms with Crippen LogP contribution < -0.4 is 0 Å². The first-order valence-corrected chi connectivity index (χ1v) is 20.9. The Morgan fingerprint density at radius 3 is 1.65 bits per heavy atom. The van der Waals surface area contributed by atoms with Crippen LogP contribution in [0.4, 0.5) is 0 Å². The van der Waals surface area contributed by atoms with E-state index < -0.39 is 0 Å². The fraction of sp³-hybridized carbons (Fsp3) is 0. The molecule has 4 heterocycles. The number of nitrogens with zero attached hydrogens (tertiary/aromatic N) is 5. The molecule has 0 N–H and O–H groups in total. The predicted molar refractivity (Wildman–Crippen MR) is 254 cm³/mol. The molecule has 0 aliphatic carbocycles. The minimum Gasteiger partial charge on any atom is -0.456 e. The third-order valence-corrected chi connectivity index (χ3v) is 12.4. The first kappa shape index (κ1) is 34.4. The molecule has 13 rings (SSSR count). The summed E-state index contributed by atoms with van der Waals surface area (Å²) in [5.41, 5.74) is 13.6. The van der Waals surface area contributed by atoms with Crippen LogP contribution in [0.5, 0.6) is 0 Å². The maximum Gasteiger partial charge on any atom is 0.168 e. The summed E-state index contributed by atoms with van der Waals surface area (Å²) in [5, 5.41) is 16.7. The number of furan rings is 1. The maximum absolute atomic E-state index is 6.47. The lowest BCUT2D eigenvalue weighted by Gasteiger charge is -2.17. The third kappa shape index (κ3) is 5.10. The molecule has 6 nitrogen and oxygen atoms in total. The van der Waals surface area contributed by atoms with Crippen LogP contribution in [0.25, 0.3) is 117 Å². The molecule has 9 aromatic carbocycles. The van der Waals surface area contributed by atoms with Crippen LogP contribution in [0.15, 0.2) is 217 Å². The maximum atomic E-state index is 6.47. The van der Waals surface area contributed by atoms with Crippen molar-refractivity contribution in [2.24, 2.45) is 0 Å². The van der Waals surface area contributed by atoms with Crippen molar-refractivity contribution in [1.29, 1.82) is 0 Å². The molecule has 13 aromatic rings. The van der Waals surface area contributed by atoms with Gasteiger partial charge in [-0.05, 0) is 54.1 Å². The van der Waals surface area contributed by atoms with Crippen LogP contribution in [0.1, 0.15) is 0 Å². The van der Waals surface area contributed by atoms with Crippen LogP contribution in [0.3, 0.4) is 0 Å². The van der Waals surface area contributed by atoms with Gasteiger partial charge in [-0.15, -0.1) is 10.2 Å². The highest BCUT2D eigenvalue weighted by molar-refractivity contribution is 6.18. The second kappa shape index (κ2) is 13.5. The standard InChI is InChI=1S/C56H35N5O/c1-3-17-36(18-4-1)55-57-58-56(37-19-5-2-6-20-37)61(55)50-31-16-27-44-41-24-8-12-29-48(41)59(54(44)50)39-22-15-21-38(33-39)40-23-7-11-28-47(40)60-49-30-13-9-25-42(49)45-34-46-43-26-10-14-32-52(43)62-53(46)35-51(45)60/h1-35H. The molecule has 0 bridgehead atoms. The quantitative estimate of drug-likeness (QED) is 0.168. The molecule has 0 aliphatic rings. The Morgan fingerprint density at radius 1 is 0.323 bits per heavy atom. The number of benzene rings is 9. The van der Waals surface area contributed by atoms with Crippen molar-refractivity contribution in [3.63, 3.8) is 0 Å². The largest absolute Gasteiger partial charge is 0.456 e. The molecule has 0 aliphatic heterocycles. The Hall–Kier alpha value is -8.48. The summed E-state index contributed by atoms with van der Waals surface area (Å²) in [5.74, 6) is 1.56. The molecule has 0 fully saturated rings. The highest BCUT2D eigenvalue weighted by atomic mass is 16.3. The number of rotatable bonds is 6. The van der Waals surface area contributed by atoms with E-state index in [0.29, 0.717) is 0 Å². The summed E-state index contributed by atoms with van der Waals surface area (Å²) in [6.45, 7) is 0. The SMILES string of the molecule is c1ccc(-c2nnc(-c3ccccc3)n2-c2cccc3c4ccccc4n(-c4cccc(-c5ccccc5-n5c6ccccc6c6cc7c(cc65)oc5ccccc57)c4)c23)cc1. The van der Waals surface area contributed by atoms with E-state index in [-0.39, 0.29) is 0 Å². The highest BCUT2D eigenvalue weighted by Gasteiger charge is 2.24. The summed E-state index contributed by atoms with van der Waals surface area (Å²) in [6.07, 6.45) is 0. The van der Waals surface area contributed by atoms with Gasteiger partial charge in [-0.1, -0.05) is 158 Å². The van der Waals surface area contributed by atoms with E-state index in [1.807, 2.05) is 24.3 Å². The van der Waals surface area contributed by atoms with Crippen LogP contribution >= 0.6 is 0 Å². The van der Waals surface area contributed by atoms with Gasteiger partial charge in [0.05, 0.1) is 33.4 Å². The van der Waals surface area contributed by atoms with E-state index in [1.54, 1.807) is 0 Å². The number of hydrogen-bond acceptors (Lipinski definition) is 3. The fourth-order valence-corrected chi connectivity index (χ4v) is 9.68. The van der Waals surface area contributed by atoms with Crippen LogP contribution in [-0.4, -0.2) is 23.9 Å². The van der Waals surface area contributed by atoms with E-state index in [4.69, 9.17) is 14.6 Å². The predicted octanol–water partition coefficient (Wildman–Crippen LogP) is 14.4. The van der Waals surface area contributed by atoms with Gasteiger partial charge in [0, 0.05) is 60.8 Å². The van der Waals surface area contributed by atoms with Gasteiger partial charge >= 0.3 is 0 Å². The molecule has 0 saturated carbocycles. The highest BCUT2D eigenvalue weighted by Crippen LogP contribution is 2.42. The van der Waals surface area contributed by atoms with E-state index in [9.17, 15) is 0 Å². The van der Waals surface area contributed by atoms with Crippen molar-refractivity contribution >= 4 is 65.6 Å². The monoisotopic (exact) mass is 793 g/mol. The van der Waals surface area contributed by atoms with E-state index >= 15 is 0 Å². The van der Waals surface area contributed by atoms with Gasteiger partial charge < -0.3 is 13.6 Å². The lowest BCUT2D eigenvalue weighted by molar-refractivity contribution is 0.669. The summed E-state index contributed by atoms with van der Waals surface area (Å²) < 4.78 is 13.5. The number of para-hydroxylation sites is 5. The lowest BCUT2D eigenvalue weighted by Crippen LogP contribution is -2.04. The van der Waals surface area contributed by atoms with Gasteiger partial charge in [-0.2, -0.15) is 0 Å². The van der Waals surface area contributed by atoms with Crippen molar-refractivity contribution < 1.29 is 4.42 Å². The third-order valence-electron chi connectivity index (χ3n) is 12.4. The molecular formula is C56H35N5O. The smallest absolute Gasteiger partial charge is 0.168 e. The molecule has 0 spiro atoms. The molecule has 0 amide bonds. The molecule has 6 heteroatoms. The van der Waals surface area contributed by atoms with Crippen molar-refractivity contribution in [2.45, 2.75) is 0 Å². The summed E-state index contributed by atoms with van der Waals surface area (Å²) >= 11 is 0. The second-order valence-corrected chi connectivity index (χ2v) is 15.8. The van der Waals surface area contributed by atoms with Crippen LogP contribution in [0, 0.1) is 0 Å². The zero-order valence-corrected chi connectivity index (χ0v) is 33.4. The summed E-state index contributed by atoms with van der Waals surface area (Å²) in [6, 6.07) is 75.2. The molecule has 0 radical (unpaired) electrons. The molecule has 0 unspecified atom stereocenters. The number of fused-ring (bicyclic) bond motifs is 9. The topological polar surface area (TPSA) is 53.7 Å². The first-order chi connectivity index (χ1) is 30.8. The van der Waals surface area contributed by atoms with E-state index in [2.05, 4.69) is 202 Å². The van der Waals surface area contributed by atoms with E-state index in [1.165, 1.54) is 16.2 Å². The van der Waals surface area contributed by atoms with Crippen LogP contribution in [-0.2, 0) is 0 Å². The molecule has 0 atom stereocenters. The average Bonchev–Trinajstić information content (AvgIpc) is 4.11. The lowest BCUT2D eigenvalue weighted by atomic mass is 10.0. The van der Waals surface area contributed by atoms with Crippen molar-refractivity contribution in [3.05, 3.63) is 212 Å². The van der Waals surface area contributed by atoms with Gasteiger partial charge in [0.15, 0.2) is 11.6 Å². The fourth-order valence-electron chi connectivity index (χ4n) is 9.68. The van der Waals surface area contributed by atoms with Crippen molar-refractivity contribution in [2.75, 3.05) is 0 Å². The Balaban J connectivity index is 1.05. The normalized spacial score (nSPS) is 11.9. The number of hydrogen-bond donors (Lipinski definition) is 0. The molecule has 290 valence electrons. The van der Waals surface area contributed by atoms with Crippen molar-refractivity contribution in [3.8, 4) is 51.0 Å². The van der Waals surface area contributed by atoms with Gasteiger partial charge in [0.25, 0.3) is 0 Å². The zero-order chi connectivity index (χ0) is 40.7. The molecular weight excluding hydrogens is 759 g/mol. The van der Waals surface area contributed by atoms with Crippen LogP contribution in [0.2, 0.25) is 0 Å². The van der Waals surface area contributed by atoms with Gasteiger partial charge in [-0.25, -0.2) is 0 Å². The Kier molecular flexibility index (Phi) is 7.50. The molecule has 0 saturated heterocycles. The Morgan fingerprint density at radius 2 is 0.887 bits per heavy atom. The van der Waals surface area contributed by atoms with Gasteiger partial charge in [0.1, 0.15) is 11.2 Å². The summed E-state index contributed by atoms with van der Waals surface area (Å²) in [4.78, 5) is 0. The molecule has 4 aromatic heterocycles. The van der Waals surface area contributed by atoms with Crippen molar-refractivity contribution in [1.82, 2.24) is 23.9 Å². The second-order valence-electron chi connectivity index (χ2n) is 15.8. The average molecular weight is 794 g/mol. The Bertz CT molecular complexity index is 3810. The Labute approximate surface area is 355 Å². The minimum atomic E-state index is 0.780. The van der Waals surface area contributed by atoms with Gasteiger partial charge in [-0.3, -0.25) is 4.57 Å². The first-order valence-electron chi connectivity index (χ1n) is 20.9. The van der Waals surface area contributed by atoms with Gasteiger partial charge in [0.2, 0.25) is 0 Å². The number of aromatic nitrogens is 5. The minimum absolute atomic E-state index is 0.780. The van der Waals surface area contributed by atoms with E-state index in [0.717, 1.165) is 100 Å². The molecule has 62 heavy (non-hydrogen) atoms. The zero-order valence-electron chi connectivity index (χ0n) is 33.4. The summed E-state index contributed by atoms with van der Waals surface area (Å²) in [7, 11) is 0.